The van der Waals surface area contributed by atoms with Crippen LogP contribution in [-0.2, 0) is 11.3 Å². The monoisotopic (exact) mass is 297 g/mol. The van der Waals surface area contributed by atoms with E-state index < -0.39 is 11.8 Å². The fourth-order valence-electron chi connectivity index (χ4n) is 1.76. The van der Waals surface area contributed by atoms with Crippen molar-refractivity contribution in [3.8, 4) is 0 Å². The van der Waals surface area contributed by atoms with Crippen molar-refractivity contribution in [3.63, 3.8) is 0 Å². The molecule has 1 N–H and O–H groups in total. The van der Waals surface area contributed by atoms with E-state index in [1.54, 1.807) is 13.0 Å². The first kappa shape index (κ1) is 14.4. The standard InChI is InChI=1S/C14H13ClFNO3/c1-8-11(14(18)19-2)6-10(20-8)7-17-13-5-9(15)3-4-12(13)16/h3-6,17H,7H2,1-2H3. The molecule has 4 nitrogen and oxygen atoms in total. The molecule has 0 saturated heterocycles. The summed E-state index contributed by atoms with van der Waals surface area (Å²) in [6.45, 7) is 1.89. The second-order valence-corrected chi connectivity index (χ2v) is 4.59. The first-order chi connectivity index (χ1) is 9.51. The number of ether oxygens (including phenoxy) is 1. The average molecular weight is 298 g/mol. The number of nitrogens with one attached hydrogen (secondary N) is 1. The fraction of sp³-hybridized carbons (Fsp3) is 0.214. The van der Waals surface area contributed by atoms with E-state index in [2.05, 4.69) is 10.1 Å². The quantitative estimate of drug-likeness (QED) is 0.873. The van der Waals surface area contributed by atoms with Gasteiger partial charge in [-0.05, 0) is 31.2 Å². The molecule has 0 aliphatic heterocycles. The van der Waals surface area contributed by atoms with Crippen LogP contribution in [0.5, 0.6) is 0 Å². The molecule has 0 atom stereocenters. The molecule has 6 heteroatoms. The van der Waals surface area contributed by atoms with Crippen molar-refractivity contribution in [2.24, 2.45) is 0 Å². The summed E-state index contributed by atoms with van der Waals surface area (Å²) in [6.07, 6.45) is 0. The molecular formula is C14H13ClFNO3. The van der Waals surface area contributed by atoms with Crippen LogP contribution in [0.15, 0.2) is 28.7 Å². The van der Waals surface area contributed by atoms with Crippen LogP contribution >= 0.6 is 11.6 Å². The van der Waals surface area contributed by atoms with Gasteiger partial charge in [-0.15, -0.1) is 0 Å². The summed E-state index contributed by atoms with van der Waals surface area (Å²) in [4.78, 5) is 11.4. The molecule has 0 aliphatic carbocycles. The number of hydrogen-bond acceptors (Lipinski definition) is 4. The molecule has 0 spiro atoms. The zero-order valence-electron chi connectivity index (χ0n) is 11.0. The maximum atomic E-state index is 13.5. The number of benzene rings is 1. The highest BCUT2D eigenvalue weighted by Gasteiger charge is 2.15. The van der Waals surface area contributed by atoms with E-state index >= 15 is 0 Å². The smallest absolute Gasteiger partial charge is 0.341 e. The average Bonchev–Trinajstić information content (AvgIpc) is 2.80. The SMILES string of the molecule is COC(=O)c1cc(CNc2cc(Cl)ccc2F)oc1C. The lowest BCUT2D eigenvalue weighted by Crippen LogP contribution is -2.02. The Morgan fingerprint density at radius 2 is 2.20 bits per heavy atom. The second-order valence-electron chi connectivity index (χ2n) is 4.15. The molecule has 1 heterocycles. The number of methoxy groups -OCH3 is 1. The molecule has 0 aliphatic rings. The molecule has 0 fully saturated rings. The van der Waals surface area contributed by atoms with Gasteiger partial charge in [0.15, 0.2) is 0 Å². The molecule has 2 rings (SSSR count). The predicted molar refractivity (Wildman–Crippen MR) is 73.5 cm³/mol. The van der Waals surface area contributed by atoms with Gasteiger partial charge in [-0.2, -0.15) is 0 Å². The molecule has 0 radical (unpaired) electrons. The minimum absolute atomic E-state index is 0.231. The van der Waals surface area contributed by atoms with Crippen molar-refractivity contribution in [1.82, 2.24) is 0 Å². The van der Waals surface area contributed by atoms with Gasteiger partial charge < -0.3 is 14.5 Å². The van der Waals surface area contributed by atoms with E-state index in [1.165, 1.54) is 25.3 Å². The summed E-state index contributed by atoms with van der Waals surface area (Å²) >= 11 is 5.80. The molecule has 0 bridgehead atoms. The molecule has 1 aromatic heterocycles. The normalized spacial score (nSPS) is 10.4. The summed E-state index contributed by atoms with van der Waals surface area (Å²) < 4.78 is 23.6. The predicted octanol–water partition coefficient (Wildman–Crippen LogP) is 3.78. The van der Waals surface area contributed by atoms with Gasteiger partial charge in [-0.3, -0.25) is 0 Å². The van der Waals surface area contributed by atoms with Crippen LogP contribution in [0.2, 0.25) is 5.02 Å². The Morgan fingerprint density at radius 1 is 1.45 bits per heavy atom. The highest BCUT2D eigenvalue weighted by atomic mass is 35.5. The molecule has 2 aromatic rings. The van der Waals surface area contributed by atoms with Gasteiger partial charge in [0.2, 0.25) is 0 Å². The minimum atomic E-state index is -0.466. The Bertz CT molecular complexity index is 639. The van der Waals surface area contributed by atoms with Crippen LogP contribution in [0, 0.1) is 12.7 Å². The highest BCUT2D eigenvalue weighted by molar-refractivity contribution is 6.30. The third-order valence-electron chi connectivity index (χ3n) is 2.76. The van der Waals surface area contributed by atoms with Crippen LogP contribution in [0.4, 0.5) is 10.1 Å². The Kier molecular flexibility index (Phi) is 4.29. The van der Waals surface area contributed by atoms with E-state index in [4.69, 9.17) is 16.0 Å². The van der Waals surface area contributed by atoms with Crippen molar-refractivity contribution >= 4 is 23.3 Å². The summed E-state index contributed by atoms with van der Waals surface area (Å²) in [5.74, 6) is 0.0831. The topological polar surface area (TPSA) is 51.5 Å². The molecule has 106 valence electrons. The second kappa shape index (κ2) is 5.96. The number of hydrogen-bond donors (Lipinski definition) is 1. The van der Waals surface area contributed by atoms with Crippen molar-refractivity contribution in [2.45, 2.75) is 13.5 Å². The zero-order valence-corrected chi connectivity index (χ0v) is 11.8. The van der Waals surface area contributed by atoms with E-state index in [0.29, 0.717) is 22.1 Å². The van der Waals surface area contributed by atoms with Gasteiger partial charge in [0, 0.05) is 5.02 Å². The minimum Gasteiger partial charge on any atom is -0.465 e. The molecule has 0 saturated carbocycles. The van der Waals surface area contributed by atoms with Gasteiger partial charge in [-0.25, -0.2) is 9.18 Å². The van der Waals surface area contributed by atoms with Gasteiger partial charge in [0.05, 0.1) is 19.3 Å². The number of aryl methyl sites for hydroxylation is 1. The summed E-state index contributed by atoms with van der Waals surface area (Å²) in [5, 5.41) is 3.29. The molecule has 20 heavy (non-hydrogen) atoms. The van der Waals surface area contributed by atoms with Crippen LogP contribution in [0.1, 0.15) is 21.9 Å². The maximum Gasteiger partial charge on any atom is 0.341 e. The largest absolute Gasteiger partial charge is 0.465 e. The van der Waals surface area contributed by atoms with Crippen molar-refractivity contribution in [3.05, 3.63) is 52.2 Å². The Hall–Kier alpha value is -2.01. The number of carbonyl (C=O) groups is 1. The number of rotatable bonds is 4. The lowest BCUT2D eigenvalue weighted by atomic mass is 10.2. The highest BCUT2D eigenvalue weighted by Crippen LogP contribution is 2.21. The summed E-state index contributed by atoms with van der Waals surface area (Å²) in [5.41, 5.74) is 0.627. The Labute approximate surface area is 120 Å². The van der Waals surface area contributed by atoms with Crippen molar-refractivity contribution in [2.75, 3.05) is 12.4 Å². The van der Waals surface area contributed by atoms with Crippen LogP contribution < -0.4 is 5.32 Å². The first-order valence-electron chi connectivity index (χ1n) is 5.88. The molecule has 0 amide bonds. The zero-order chi connectivity index (χ0) is 14.7. The van der Waals surface area contributed by atoms with Crippen LogP contribution in [0.25, 0.3) is 0 Å². The Morgan fingerprint density at radius 3 is 2.90 bits per heavy atom. The number of furan rings is 1. The first-order valence-corrected chi connectivity index (χ1v) is 6.25. The molecule has 0 unspecified atom stereocenters. The number of carbonyl (C=O) groups excluding carboxylic acids is 1. The van der Waals surface area contributed by atoms with E-state index in [9.17, 15) is 9.18 Å². The summed E-state index contributed by atoms with van der Waals surface area (Å²) in [6, 6.07) is 5.79. The molecule has 1 aromatic carbocycles. The van der Waals surface area contributed by atoms with Gasteiger partial charge in [0.25, 0.3) is 0 Å². The Balaban J connectivity index is 2.11. The summed E-state index contributed by atoms with van der Waals surface area (Å²) in [7, 11) is 1.30. The molecular weight excluding hydrogens is 285 g/mol. The third kappa shape index (κ3) is 3.11. The van der Waals surface area contributed by atoms with Crippen molar-refractivity contribution < 1.29 is 18.3 Å². The van der Waals surface area contributed by atoms with Crippen LogP contribution in [0.3, 0.4) is 0 Å². The number of anilines is 1. The van der Waals surface area contributed by atoms with Gasteiger partial charge in [-0.1, -0.05) is 11.6 Å². The van der Waals surface area contributed by atoms with E-state index in [1.807, 2.05) is 0 Å². The fourth-order valence-corrected chi connectivity index (χ4v) is 1.93. The van der Waals surface area contributed by atoms with E-state index in [0.717, 1.165) is 0 Å². The maximum absolute atomic E-state index is 13.5. The van der Waals surface area contributed by atoms with E-state index in [-0.39, 0.29) is 12.2 Å². The van der Waals surface area contributed by atoms with Gasteiger partial charge >= 0.3 is 5.97 Å². The lowest BCUT2D eigenvalue weighted by Gasteiger charge is -2.06. The van der Waals surface area contributed by atoms with Crippen LogP contribution in [-0.4, -0.2) is 13.1 Å². The van der Waals surface area contributed by atoms with Gasteiger partial charge in [0.1, 0.15) is 22.9 Å². The number of halogens is 2. The lowest BCUT2D eigenvalue weighted by molar-refractivity contribution is 0.0599. The van der Waals surface area contributed by atoms with Crippen molar-refractivity contribution in [1.29, 1.82) is 0 Å². The third-order valence-corrected chi connectivity index (χ3v) is 2.99. The number of esters is 1.